The quantitative estimate of drug-likeness (QED) is 0.276. The third-order valence-corrected chi connectivity index (χ3v) is 5.75. The molecule has 0 aliphatic rings. The van der Waals surface area contributed by atoms with Gasteiger partial charge >= 0.3 is 0 Å². The molecule has 0 bridgehead atoms. The lowest BCUT2D eigenvalue weighted by Crippen LogP contribution is -2.11. The highest BCUT2D eigenvalue weighted by molar-refractivity contribution is 7.99. The van der Waals surface area contributed by atoms with Gasteiger partial charge in [-0.1, -0.05) is 75.0 Å². The van der Waals surface area contributed by atoms with Crippen LogP contribution in [0.3, 0.4) is 0 Å². The van der Waals surface area contributed by atoms with Gasteiger partial charge in [-0.05, 0) is 23.1 Å². The summed E-state index contributed by atoms with van der Waals surface area (Å²) in [5.74, 6) is 1.77. The number of hydrogen-bond donors (Lipinski definition) is 0. The summed E-state index contributed by atoms with van der Waals surface area (Å²) >= 11 is 1.38. The fraction of sp³-hybridized carbons (Fsp3) is 0.292. The second kappa shape index (κ2) is 9.30. The Morgan fingerprint density at radius 1 is 1.13 bits per heavy atom. The number of ketones is 1. The smallest absolute Gasteiger partial charge is 0.192 e. The van der Waals surface area contributed by atoms with Crippen LogP contribution in [-0.4, -0.2) is 33.4 Å². The summed E-state index contributed by atoms with van der Waals surface area (Å²) in [7, 11) is 1.63. The van der Waals surface area contributed by atoms with E-state index in [0.29, 0.717) is 23.1 Å². The fourth-order valence-electron chi connectivity index (χ4n) is 3.09. The normalized spacial score (nSPS) is 11.3. The molecule has 0 fully saturated rings. The van der Waals surface area contributed by atoms with Crippen molar-refractivity contribution in [3.05, 3.63) is 72.3 Å². The number of aromatic nitrogens is 3. The zero-order chi connectivity index (χ0) is 21.7. The number of thioether (sulfide) groups is 1. The predicted molar refractivity (Wildman–Crippen MR) is 122 cm³/mol. The van der Waals surface area contributed by atoms with Crippen molar-refractivity contribution in [1.29, 1.82) is 0 Å². The molecule has 0 atom stereocenters. The van der Waals surface area contributed by atoms with Crippen molar-refractivity contribution in [1.82, 2.24) is 14.8 Å². The van der Waals surface area contributed by atoms with Gasteiger partial charge in [0.25, 0.3) is 0 Å². The summed E-state index contributed by atoms with van der Waals surface area (Å²) in [6, 6.07) is 15.5. The minimum absolute atomic E-state index is 0.0618. The van der Waals surface area contributed by atoms with E-state index in [0.717, 1.165) is 11.3 Å². The molecule has 0 radical (unpaired) electrons. The van der Waals surface area contributed by atoms with Crippen LogP contribution in [-0.2, 0) is 12.0 Å². The minimum atomic E-state index is 0.0618. The Morgan fingerprint density at radius 3 is 2.47 bits per heavy atom. The van der Waals surface area contributed by atoms with Gasteiger partial charge in [0.15, 0.2) is 16.8 Å². The van der Waals surface area contributed by atoms with Gasteiger partial charge in [-0.25, -0.2) is 0 Å². The molecule has 0 aliphatic carbocycles. The fourth-order valence-corrected chi connectivity index (χ4v) is 3.93. The number of carbonyl (C=O) groups excluding carboxylic acids is 1. The number of nitrogens with zero attached hydrogens (tertiary/aromatic N) is 3. The molecule has 0 N–H and O–H groups in total. The second-order valence-corrected chi connectivity index (χ2v) is 8.89. The van der Waals surface area contributed by atoms with Crippen LogP contribution >= 0.6 is 11.8 Å². The maximum Gasteiger partial charge on any atom is 0.192 e. The predicted octanol–water partition coefficient (Wildman–Crippen LogP) is 5.41. The summed E-state index contributed by atoms with van der Waals surface area (Å²) in [4.78, 5) is 12.7. The molecule has 30 heavy (non-hydrogen) atoms. The Labute approximate surface area is 182 Å². The molecule has 3 aromatic rings. The largest absolute Gasteiger partial charge is 0.496 e. The highest BCUT2D eigenvalue weighted by Crippen LogP contribution is 2.31. The van der Waals surface area contributed by atoms with Crippen LogP contribution in [0.4, 0.5) is 0 Å². The molecule has 1 aromatic heterocycles. The Bertz CT molecular complexity index is 1030. The van der Waals surface area contributed by atoms with Crippen LogP contribution in [0, 0.1) is 0 Å². The van der Waals surface area contributed by atoms with Gasteiger partial charge < -0.3 is 4.74 Å². The maximum atomic E-state index is 12.7. The lowest BCUT2D eigenvalue weighted by molar-refractivity contribution is 0.102. The summed E-state index contributed by atoms with van der Waals surface area (Å²) in [6.07, 6.45) is 1.79. The third-order valence-electron chi connectivity index (χ3n) is 4.78. The van der Waals surface area contributed by atoms with E-state index in [1.165, 1.54) is 17.3 Å². The first-order valence-corrected chi connectivity index (χ1v) is 10.8. The summed E-state index contributed by atoms with van der Waals surface area (Å²) in [6.45, 7) is 10.9. The number of hydrogen-bond acceptors (Lipinski definition) is 5. The summed E-state index contributed by atoms with van der Waals surface area (Å²) < 4.78 is 7.41. The standard InChI is InChI=1S/C24H27N3O2S/c1-6-15-27-22(19-9-7-8-10-21(19)29-5)25-26-23(27)30-16-20(28)17-11-13-18(14-12-17)24(2,3)4/h6-14H,1,15-16H2,2-5H3. The van der Waals surface area contributed by atoms with Crippen LogP contribution in [0.1, 0.15) is 36.7 Å². The molecule has 0 saturated carbocycles. The molecular formula is C24H27N3O2S. The number of para-hydroxylation sites is 1. The van der Waals surface area contributed by atoms with E-state index in [4.69, 9.17) is 4.74 Å². The van der Waals surface area contributed by atoms with E-state index < -0.39 is 0 Å². The third kappa shape index (κ3) is 4.82. The second-order valence-electron chi connectivity index (χ2n) is 7.94. The molecular weight excluding hydrogens is 394 g/mol. The van der Waals surface area contributed by atoms with Gasteiger partial charge in [0.05, 0.1) is 18.4 Å². The van der Waals surface area contributed by atoms with Crippen molar-refractivity contribution in [3.8, 4) is 17.1 Å². The molecule has 156 valence electrons. The maximum absolute atomic E-state index is 12.7. The first kappa shape index (κ1) is 21.8. The van der Waals surface area contributed by atoms with Crippen LogP contribution in [0.2, 0.25) is 0 Å². The van der Waals surface area contributed by atoms with E-state index in [9.17, 15) is 4.79 Å². The molecule has 0 unspecified atom stereocenters. The Balaban J connectivity index is 1.79. The first-order chi connectivity index (χ1) is 14.3. The number of carbonyl (C=O) groups is 1. The number of allylic oxidation sites excluding steroid dienone is 1. The van der Waals surface area contributed by atoms with Crippen molar-refractivity contribution in [2.75, 3.05) is 12.9 Å². The number of ether oxygens (including phenoxy) is 1. The van der Waals surface area contributed by atoms with E-state index in [1.807, 2.05) is 53.1 Å². The lowest BCUT2D eigenvalue weighted by atomic mass is 9.86. The highest BCUT2D eigenvalue weighted by Gasteiger charge is 2.19. The number of methoxy groups -OCH3 is 1. The molecule has 0 saturated heterocycles. The molecule has 0 amide bonds. The molecule has 3 rings (SSSR count). The summed E-state index contributed by atoms with van der Waals surface area (Å²) in [5, 5.41) is 9.35. The number of Topliss-reactive ketones (excluding diaryl/α,β-unsaturated/α-hetero) is 1. The average molecular weight is 422 g/mol. The van der Waals surface area contributed by atoms with Gasteiger partial charge in [0.1, 0.15) is 5.75 Å². The molecule has 6 heteroatoms. The Kier molecular flexibility index (Phi) is 6.77. The van der Waals surface area contributed by atoms with Crippen molar-refractivity contribution in [2.24, 2.45) is 0 Å². The van der Waals surface area contributed by atoms with E-state index in [1.54, 1.807) is 13.2 Å². The van der Waals surface area contributed by atoms with Gasteiger partial charge in [-0.3, -0.25) is 9.36 Å². The van der Waals surface area contributed by atoms with E-state index in [-0.39, 0.29) is 17.0 Å². The number of rotatable bonds is 8. The van der Waals surface area contributed by atoms with E-state index >= 15 is 0 Å². The van der Waals surface area contributed by atoms with Gasteiger partial charge in [0, 0.05) is 12.1 Å². The SMILES string of the molecule is C=CCn1c(SCC(=O)c2ccc(C(C)(C)C)cc2)nnc1-c1ccccc1OC. The Hall–Kier alpha value is -2.86. The van der Waals surface area contributed by atoms with Crippen LogP contribution < -0.4 is 4.74 Å². The molecule has 5 nitrogen and oxygen atoms in total. The summed E-state index contributed by atoms with van der Waals surface area (Å²) in [5.41, 5.74) is 2.83. The average Bonchev–Trinajstić information content (AvgIpc) is 3.14. The van der Waals surface area contributed by atoms with Crippen molar-refractivity contribution in [3.63, 3.8) is 0 Å². The van der Waals surface area contributed by atoms with Crippen LogP contribution in [0.25, 0.3) is 11.4 Å². The molecule has 0 spiro atoms. The zero-order valence-corrected chi connectivity index (χ0v) is 18.7. The van der Waals surface area contributed by atoms with Crippen molar-refractivity contribution < 1.29 is 9.53 Å². The van der Waals surface area contributed by atoms with Crippen molar-refractivity contribution in [2.45, 2.75) is 37.9 Å². The van der Waals surface area contributed by atoms with Gasteiger partial charge in [-0.15, -0.1) is 16.8 Å². The molecule has 2 aromatic carbocycles. The van der Waals surface area contributed by atoms with E-state index in [2.05, 4.69) is 37.5 Å². The topological polar surface area (TPSA) is 57.0 Å². The highest BCUT2D eigenvalue weighted by atomic mass is 32.2. The molecule has 1 heterocycles. The Morgan fingerprint density at radius 2 is 1.83 bits per heavy atom. The number of benzene rings is 2. The van der Waals surface area contributed by atoms with Crippen molar-refractivity contribution >= 4 is 17.5 Å². The van der Waals surface area contributed by atoms with Crippen LogP contribution in [0.15, 0.2) is 66.3 Å². The zero-order valence-electron chi connectivity index (χ0n) is 17.9. The van der Waals surface area contributed by atoms with Gasteiger partial charge in [0.2, 0.25) is 0 Å². The molecule has 0 aliphatic heterocycles. The van der Waals surface area contributed by atoms with Gasteiger partial charge in [-0.2, -0.15) is 0 Å². The van der Waals surface area contributed by atoms with Crippen LogP contribution in [0.5, 0.6) is 5.75 Å². The lowest BCUT2D eigenvalue weighted by Gasteiger charge is -2.18. The first-order valence-electron chi connectivity index (χ1n) is 9.79. The minimum Gasteiger partial charge on any atom is -0.496 e. The monoisotopic (exact) mass is 421 g/mol.